The van der Waals surface area contributed by atoms with Gasteiger partial charge < -0.3 is 20.5 Å². The summed E-state index contributed by atoms with van der Waals surface area (Å²) < 4.78 is 5.19. The lowest BCUT2D eigenvalue weighted by molar-refractivity contribution is 0.0674. The van der Waals surface area contributed by atoms with Gasteiger partial charge in [0.1, 0.15) is 5.75 Å². The van der Waals surface area contributed by atoms with Crippen LogP contribution in [-0.2, 0) is 0 Å². The van der Waals surface area contributed by atoms with Crippen LogP contribution in [0.1, 0.15) is 23.2 Å². The number of anilines is 1. The highest BCUT2D eigenvalue weighted by Gasteiger charge is 2.30. The molecule has 98 valence electrons. The summed E-state index contributed by atoms with van der Waals surface area (Å²) in [6, 6.07) is 4.90. The molecule has 2 rings (SSSR count). The zero-order valence-electron chi connectivity index (χ0n) is 10.4. The zero-order valence-corrected chi connectivity index (χ0v) is 10.4. The molecule has 1 aliphatic heterocycles. The van der Waals surface area contributed by atoms with Gasteiger partial charge in [-0.2, -0.15) is 0 Å². The number of amides is 1. The fourth-order valence-electron chi connectivity index (χ4n) is 2.33. The van der Waals surface area contributed by atoms with Crippen molar-refractivity contribution < 1.29 is 14.6 Å². The Morgan fingerprint density at radius 2 is 2.39 bits per heavy atom. The number of rotatable bonds is 3. The van der Waals surface area contributed by atoms with Gasteiger partial charge in [0.25, 0.3) is 5.91 Å². The summed E-state index contributed by atoms with van der Waals surface area (Å²) in [6.07, 6.45) is 1.77. The van der Waals surface area contributed by atoms with Crippen LogP contribution in [0.2, 0.25) is 0 Å². The number of hydrogen-bond acceptors (Lipinski definition) is 4. The molecular weight excluding hydrogens is 232 g/mol. The number of aliphatic hydroxyl groups is 1. The van der Waals surface area contributed by atoms with Crippen molar-refractivity contribution >= 4 is 11.6 Å². The van der Waals surface area contributed by atoms with Gasteiger partial charge in [-0.15, -0.1) is 0 Å². The highest BCUT2D eigenvalue weighted by molar-refractivity contribution is 5.97. The zero-order chi connectivity index (χ0) is 13.1. The second-order valence-corrected chi connectivity index (χ2v) is 4.44. The fourth-order valence-corrected chi connectivity index (χ4v) is 2.33. The topological polar surface area (TPSA) is 75.8 Å². The van der Waals surface area contributed by atoms with E-state index >= 15 is 0 Å². The number of methoxy groups -OCH3 is 1. The van der Waals surface area contributed by atoms with E-state index < -0.39 is 0 Å². The largest absolute Gasteiger partial charge is 0.496 e. The van der Waals surface area contributed by atoms with Crippen LogP contribution in [0, 0.1) is 0 Å². The summed E-state index contributed by atoms with van der Waals surface area (Å²) >= 11 is 0. The Kier molecular flexibility index (Phi) is 3.72. The molecule has 0 spiro atoms. The number of hydrogen-bond donors (Lipinski definition) is 2. The molecule has 0 aromatic heterocycles. The van der Waals surface area contributed by atoms with Gasteiger partial charge in [-0.25, -0.2) is 0 Å². The van der Waals surface area contributed by atoms with Crippen LogP contribution in [0.25, 0.3) is 0 Å². The Balaban J connectivity index is 2.28. The molecule has 1 aromatic carbocycles. The molecule has 1 aromatic rings. The maximum atomic E-state index is 12.4. The molecule has 0 unspecified atom stereocenters. The van der Waals surface area contributed by atoms with Gasteiger partial charge in [0.2, 0.25) is 0 Å². The molecular formula is C13H18N2O3. The number of likely N-dealkylation sites (tertiary alicyclic amines) is 1. The third kappa shape index (κ3) is 2.26. The van der Waals surface area contributed by atoms with E-state index in [1.165, 1.54) is 7.11 Å². The fraction of sp³-hybridized carbons (Fsp3) is 0.462. The van der Waals surface area contributed by atoms with Crippen LogP contribution >= 0.6 is 0 Å². The molecule has 0 saturated carbocycles. The quantitative estimate of drug-likeness (QED) is 0.781. The van der Waals surface area contributed by atoms with Crippen molar-refractivity contribution in [2.75, 3.05) is 26.0 Å². The monoisotopic (exact) mass is 250 g/mol. The summed E-state index contributed by atoms with van der Waals surface area (Å²) in [6.45, 7) is 0.681. The van der Waals surface area contributed by atoms with Crippen molar-refractivity contribution in [3.63, 3.8) is 0 Å². The minimum atomic E-state index is -0.108. The number of nitrogen functional groups attached to an aromatic ring is 1. The third-order valence-corrected chi connectivity index (χ3v) is 3.30. The van der Waals surface area contributed by atoms with Gasteiger partial charge in [0.15, 0.2) is 0 Å². The Labute approximate surface area is 106 Å². The number of aliphatic hydroxyl groups excluding tert-OH is 1. The van der Waals surface area contributed by atoms with E-state index in [1.54, 1.807) is 23.1 Å². The van der Waals surface area contributed by atoms with E-state index in [4.69, 9.17) is 10.5 Å². The maximum absolute atomic E-state index is 12.4. The van der Waals surface area contributed by atoms with Crippen LogP contribution in [0.15, 0.2) is 18.2 Å². The van der Waals surface area contributed by atoms with Crippen LogP contribution in [-0.4, -0.2) is 42.2 Å². The SMILES string of the molecule is COc1cc(N)ccc1C(=O)N1CCC[C@@H]1CO. The first-order valence-corrected chi connectivity index (χ1v) is 6.02. The average molecular weight is 250 g/mol. The summed E-state index contributed by atoms with van der Waals surface area (Å²) in [5.74, 6) is 0.368. The molecule has 0 bridgehead atoms. The van der Waals surface area contributed by atoms with Crippen molar-refractivity contribution in [2.45, 2.75) is 18.9 Å². The molecule has 1 heterocycles. The molecule has 1 saturated heterocycles. The van der Waals surface area contributed by atoms with Crippen molar-refractivity contribution in [3.05, 3.63) is 23.8 Å². The number of ether oxygens (including phenoxy) is 1. The normalized spacial score (nSPS) is 19.0. The van der Waals surface area contributed by atoms with Gasteiger partial charge >= 0.3 is 0 Å². The van der Waals surface area contributed by atoms with Gasteiger partial charge in [0.05, 0.1) is 25.3 Å². The Hall–Kier alpha value is -1.75. The lowest BCUT2D eigenvalue weighted by atomic mass is 10.1. The van der Waals surface area contributed by atoms with E-state index in [9.17, 15) is 9.90 Å². The van der Waals surface area contributed by atoms with Crippen molar-refractivity contribution in [1.82, 2.24) is 4.90 Å². The first-order chi connectivity index (χ1) is 8.67. The Morgan fingerprint density at radius 3 is 3.06 bits per heavy atom. The van der Waals surface area contributed by atoms with Gasteiger partial charge in [-0.3, -0.25) is 4.79 Å². The van der Waals surface area contributed by atoms with Crippen LogP contribution in [0.5, 0.6) is 5.75 Å². The second kappa shape index (κ2) is 5.27. The van der Waals surface area contributed by atoms with Gasteiger partial charge in [-0.05, 0) is 25.0 Å². The molecule has 0 aliphatic carbocycles. The van der Waals surface area contributed by atoms with Gasteiger partial charge in [0, 0.05) is 18.3 Å². The lowest BCUT2D eigenvalue weighted by Crippen LogP contribution is -2.37. The molecule has 1 atom stereocenters. The minimum Gasteiger partial charge on any atom is -0.496 e. The molecule has 1 amide bonds. The highest BCUT2D eigenvalue weighted by atomic mass is 16.5. The summed E-state index contributed by atoms with van der Waals surface area (Å²) in [4.78, 5) is 14.1. The first kappa shape index (κ1) is 12.7. The van der Waals surface area contributed by atoms with E-state index in [2.05, 4.69) is 0 Å². The predicted octanol–water partition coefficient (Wildman–Crippen LogP) is 0.874. The van der Waals surface area contributed by atoms with E-state index in [0.717, 1.165) is 12.8 Å². The maximum Gasteiger partial charge on any atom is 0.257 e. The summed E-state index contributed by atoms with van der Waals surface area (Å²) in [5, 5.41) is 9.26. The molecule has 5 heteroatoms. The van der Waals surface area contributed by atoms with Gasteiger partial charge in [-0.1, -0.05) is 0 Å². The predicted molar refractivity (Wildman–Crippen MR) is 68.6 cm³/mol. The molecule has 1 fully saturated rings. The lowest BCUT2D eigenvalue weighted by Gasteiger charge is -2.24. The second-order valence-electron chi connectivity index (χ2n) is 4.44. The third-order valence-electron chi connectivity index (χ3n) is 3.30. The van der Waals surface area contributed by atoms with Crippen molar-refractivity contribution in [1.29, 1.82) is 0 Å². The number of nitrogens with two attached hydrogens (primary N) is 1. The number of carbonyl (C=O) groups is 1. The van der Waals surface area contributed by atoms with E-state index in [0.29, 0.717) is 23.5 Å². The number of benzene rings is 1. The number of carbonyl (C=O) groups excluding carboxylic acids is 1. The Bertz CT molecular complexity index is 448. The molecule has 18 heavy (non-hydrogen) atoms. The minimum absolute atomic E-state index is 0.00300. The first-order valence-electron chi connectivity index (χ1n) is 6.02. The highest BCUT2D eigenvalue weighted by Crippen LogP contribution is 2.26. The molecule has 3 N–H and O–H groups in total. The average Bonchev–Trinajstić information content (AvgIpc) is 2.86. The van der Waals surface area contributed by atoms with Crippen molar-refractivity contribution in [3.8, 4) is 5.75 Å². The summed E-state index contributed by atoms with van der Waals surface area (Å²) in [7, 11) is 1.51. The Morgan fingerprint density at radius 1 is 1.61 bits per heavy atom. The van der Waals surface area contributed by atoms with Crippen molar-refractivity contribution in [2.24, 2.45) is 0 Å². The smallest absolute Gasteiger partial charge is 0.257 e. The van der Waals surface area contributed by atoms with E-state index in [1.807, 2.05) is 0 Å². The van der Waals surface area contributed by atoms with Crippen LogP contribution < -0.4 is 10.5 Å². The van der Waals surface area contributed by atoms with Crippen LogP contribution in [0.3, 0.4) is 0 Å². The molecule has 1 aliphatic rings. The molecule has 0 radical (unpaired) electrons. The summed E-state index contributed by atoms with van der Waals surface area (Å²) in [5.41, 5.74) is 6.72. The standard InChI is InChI=1S/C13H18N2O3/c1-18-12-7-9(14)4-5-11(12)13(17)15-6-2-3-10(15)8-16/h4-5,7,10,16H,2-3,6,8,14H2,1H3/t10-/m1/s1. The number of nitrogens with zero attached hydrogens (tertiary/aromatic N) is 1. The molecule has 5 nitrogen and oxygen atoms in total. The van der Waals surface area contributed by atoms with Crippen LogP contribution in [0.4, 0.5) is 5.69 Å². The van der Waals surface area contributed by atoms with E-state index in [-0.39, 0.29) is 18.6 Å².